The summed E-state index contributed by atoms with van der Waals surface area (Å²) in [7, 11) is 2.03. The zero-order valence-corrected chi connectivity index (χ0v) is 12.9. The van der Waals surface area contributed by atoms with E-state index in [4.69, 9.17) is 0 Å². The van der Waals surface area contributed by atoms with Crippen LogP contribution in [0.1, 0.15) is 44.2 Å². The number of anilines is 1. The Kier molecular flexibility index (Phi) is 4.51. The second-order valence-corrected chi connectivity index (χ2v) is 6.67. The lowest BCUT2D eigenvalue weighted by molar-refractivity contribution is 0.325. The van der Waals surface area contributed by atoms with Gasteiger partial charge in [0.15, 0.2) is 0 Å². The van der Waals surface area contributed by atoms with Crippen molar-refractivity contribution in [2.45, 2.75) is 46.6 Å². The number of nitrogens with one attached hydrogen (secondary N) is 1. The molecular weight excluding hydrogens is 232 g/mol. The van der Waals surface area contributed by atoms with Crippen LogP contribution >= 0.6 is 0 Å². The van der Waals surface area contributed by atoms with Gasteiger partial charge in [-0.25, -0.2) is 0 Å². The summed E-state index contributed by atoms with van der Waals surface area (Å²) in [5.41, 5.74) is 4.71. The van der Waals surface area contributed by atoms with Gasteiger partial charge in [0.2, 0.25) is 0 Å². The second kappa shape index (κ2) is 5.96. The molecule has 0 unspecified atom stereocenters. The summed E-state index contributed by atoms with van der Waals surface area (Å²) in [6.07, 6.45) is 3.94. The average Bonchev–Trinajstić information content (AvgIpc) is 2.51. The maximum Gasteiger partial charge on any atom is 0.0412 e. The zero-order valence-electron chi connectivity index (χ0n) is 12.9. The molecule has 1 N–H and O–H groups in total. The predicted molar refractivity (Wildman–Crippen MR) is 83.8 cm³/mol. The molecule has 19 heavy (non-hydrogen) atoms. The molecule has 0 atom stereocenters. The number of rotatable bonds is 3. The van der Waals surface area contributed by atoms with E-state index in [0.717, 1.165) is 6.54 Å². The molecule has 0 amide bonds. The number of hydrogen-bond donors (Lipinski definition) is 1. The number of hydrogen-bond acceptors (Lipinski definition) is 2. The van der Waals surface area contributed by atoms with Crippen molar-refractivity contribution in [3.8, 4) is 0 Å². The van der Waals surface area contributed by atoms with Crippen LogP contribution < -0.4 is 10.2 Å². The molecule has 0 aromatic heterocycles. The number of aryl methyl sites for hydroxylation is 1. The fourth-order valence-corrected chi connectivity index (χ4v) is 3.02. The van der Waals surface area contributed by atoms with Crippen LogP contribution in [-0.4, -0.2) is 20.1 Å². The highest BCUT2D eigenvalue weighted by Crippen LogP contribution is 2.32. The molecule has 2 nitrogen and oxygen atoms in total. The van der Waals surface area contributed by atoms with Gasteiger partial charge >= 0.3 is 0 Å². The molecule has 1 aromatic rings. The molecule has 0 radical (unpaired) electrons. The highest BCUT2D eigenvalue weighted by molar-refractivity contribution is 5.55. The Labute approximate surface area is 118 Å². The maximum absolute atomic E-state index is 3.30. The van der Waals surface area contributed by atoms with E-state index in [0.29, 0.717) is 5.41 Å². The van der Waals surface area contributed by atoms with Crippen LogP contribution in [0.5, 0.6) is 0 Å². The van der Waals surface area contributed by atoms with Crippen LogP contribution in [0, 0.1) is 12.3 Å². The smallest absolute Gasteiger partial charge is 0.0412 e. The third-order valence-electron chi connectivity index (χ3n) is 4.28. The summed E-state index contributed by atoms with van der Waals surface area (Å²) >= 11 is 0. The summed E-state index contributed by atoms with van der Waals surface area (Å²) in [6, 6.07) is 6.87. The molecule has 1 aromatic carbocycles. The number of benzene rings is 1. The Morgan fingerprint density at radius 2 is 2.00 bits per heavy atom. The lowest BCUT2D eigenvalue weighted by Crippen LogP contribution is -2.26. The standard InChI is InChI=1S/C17H28N2/c1-14-6-7-16(15(12-14)13-18-4)19-10-5-8-17(2,3)9-11-19/h6-7,12,18H,5,8-11,13H2,1-4H3. The van der Waals surface area contributed by atoms with Crippen molar-refractivity contribution in [3.05, 3.63) is 29.3 Å². The van der Waals surface area contributed by atoms with E-state index in [1.165, 1.54) is 49.2 Å². The first-order chi connectivity index (χ1) is 9.02. The first kappa shape index (κ1) is 14.4. The van der Waals surface area contributed by atoms with Crippen molar-refractivity contribution in [1.82, 2.24) is 5.32 Å². The van der Waals surface area contributed by atoms with Crippen LogP contribution in [0.4, 0.5) is 5.69 Å². The zero-order chi connectivity index (χ0) is 13.9. The summed E-state index contributed by atoms with van der Waals surface area (Å²) in [5.74, 6) is 0. The van der Waals surface area contributed by atoms with Crippen LogP contribution in [0.15, 0.2) is 18.2 Å². The van der Waals surface area contributed by atoms with Gasteiger partial charge in [-0.1, -0.05) is 31.5 Å². The van der Waals surface area contributed by atoms with Crippen molar-refractivity contribution in [3.63, 3.8) is 0 Å². The van der Waals surface area contributed by atoms with E-state index in [2.05, 4.69) is 49.2 Å². The Hall–Kier alpha value is -1.02. The van der Waals surface area contributed by atoms with Crippen LogP contribution in [0.3, 0.4) is 0 Å². The summed E-state index contributed by atoms with van der Waals surface area (Å²) in [6.45, 7) is 10.3. The van der Waals surface area contributed by atoms with Crippen LogP contribution in [0.2, 0.25) is 0 Å². The summed E-state index contributed by atoms with van der Waals surface area (Å²) in [5, 5.41) is 3.30. The van der Waals surface area contributed by atoms with Crippen LogP contribution in [-0.2, 0) is 6.54 Å². The lowest BCUT2D eigenvalue weighted by Gasteiger charge is -2.27. The predicted octanol–water partition coefficient (Wildman–Crippen LogP) is 3.73. The van der Waals surface area contributed by atoms with Gasteiger partial charge in [-0.2, -0.15) is 0 Å². The topological polar surface area (TPSA) is 15.3 Å². The summed E-state index contributed by atoms with van der Waals surface area (Å²) < 4.78 is 0. The Balaban J connectivity index is 2.21. The molecule has 1 saturated heterocycles. The van der Waals surface area contributed by atoms with Gasteiger partial charge in [-0.05, 0) is 50.3 Å². The molecule has 2 rings (SSSR count). The second-order valence-electron chi connectivity index (χ2n) is 6.67. The van der Waals surface area contributed by atoms with E-state index >= 15 is 0 Å². The van der Waals surface area contributed by atoms with Gasteiger partial charge in [0.1, 0.15) is 0 Å². The lowest BCUT2D eigenvalue weighted by atomic mass is 9.85. The molecule has 0 bridgehead atoms. The Bertz CT molecular complexity index is 423. The molecular formula is C17H28N2. The molecule has 2 heteroatoms. The molecule has 1 heterocycles. The van der Waals surface area contributed by atoms with Gasteiger partial charge in [-0.15, -0.1) is 0 Å². The maximum atomic E-state index is 3.30. The fourth-order valence-electron chi connectivity index (χ4n) is 3.02. The average molecular weight is 260 g/mol. The monoisotopic (exact) mass is 260 g/mol. The number of nitrogens with zero attached hydrogens (tertiary/aromatic N) is 1. The van der Waals surface area contributed by atoms with Gasteiger partial charge in [0.05, 0.1) is 0 Å². The third kappa shape index (κ3) is 3.73. The minimum atomic E-state index is 0.503. The molecule has 0 aliphatic carbocycles. The van der Waals surface area contributed by atoms with Gasteiger partial charge in [0.25, 0.3) is 0 Å². The van der Waals surface area contributed by atoms with Crippen LogP contribution in [0.25, 0.3) is 0 Å². The van der Waals surface area contributed by atoms with E-state index in [9.17, 15) is 0 Å². The van der Waals surface area contributed by atoms with Crippen molar-refractivity contribution in [2.75, 3.05) is 25.0 Å². The fraction of sp³-hybridized carbons (Fsp3) is 0.647. The molecule has 106 valence electrons. The Morgan fingerprint density at radius 1 is 1.21 bits per heavy atom. The summed E-state index contributed by atoms with van der Waals surface area (Å²) in [4.78, 5) is 2.58. The molecule has 1 fully saturated rings. The van der Waals surface area contributed by atoms with Crippen molar-refractivity contribution in [1.29, 1.82) is 0 Å². The highest BCUT2D eigenvalue weighted by atomic mass is 15.1. The molecule has 1 aliphatic rings. The molecule has 0 spiro atoms. The van der Waals surface area contributed by atoms with E-state index in [-0.39, 0.29) is 0 Å². The van der Waals surface area contributed by atoms with Crippen molar-refractivity contribution < 1.29 is 0 Å². The quantitative estimate of drug-likeness (QED) is 0.891. The molecule has 1 aliphatic heterocycles. The normalized spacial score (nSPS) is 19.3. The highest BCUT2D eigenvalue weighted by Gasteiger charge is 2.23. The van der Waals surface area contributed by atoms with Crippen molar-refractivity contribution >= 4 is 5.69 Å². The SMILES string of the molecule is CNCc1cc(C)ccc1N1CCCC(C)(C)CC1. The first-order valence-corrected chi connectivity index (χ1v) is 7.51. The van der Waals surface area contributed by atoms with E-state index in [1.54, 1.807) is 0 Å². The van der Waals surface area contributed by atoms with E-state index < -0.39 is 0 Å². The van der Waals surface area contributed by atoms with Gasteiger partial charge < -0.3 is 10.2 Å². The van der Waals surface area contributed by atoms with Gasteiger partial charge in [0, 0.05) is 25.3 Å². The minimum absolute atomic E-state index is 0.503. The van der Waals surface area contributed by atoms with Crippen molar-refractivity contribution in [2.24, 2.45) is 5.41 Å². The first-order valence-electron chi connectivity index (χ1n) is 7.51. The third-order valence-corrected chi connectivity index (χ3v) is 4.28. The largest absolute Gasteiger partial charge is 0.371 e. The Morgan fingerprint density at radius 3 is 2.74 bits per heavy atom. The molecule has 0 saturated carbocycles. The minimum Gasteiger partial charge on any atom is -0.371 e. The van der Waals surface area contributed by atoms with E-state index in [1.807, 2.05) is 7.05 Å². The van der Waals surface area contributed by atoms with Gasteiger partial charge in [-0.3, -0.25) is 0 Å².